The van der Waals surface area contributed by atoms with Gasteiger partial charge in [-0.3, -0.25) is 10.0 Å². The standard InChI is InChI=1S/C18H19FN2O3/c19-16-10-14(17(22)21-23)11-20-18(16)24-15-8-6-13(7-9-15)12-4-2-1-3-5-12/h6-12,23H,1-5H2,(H,21,22). The van der Waals surface area contributed by atoms with Gasteiger partial charge < -0.3 is 4.74 Å². The van der Waals surface area contributed by atoms with E-state index in [2.05, 4.69) is 4.98 Å². The number of ether oxygens (including phenoxy) is 1. The Morgan fingerprint density at radius 1 is 1.21 bits per heavy atom. The average molecular weight is 330 g/mol. The molecule has 1 aliphatic carbocycles. The number of benzene rings is 1. The zero-order valence-corrected chi connectivity index (χ0v) is 13.2. The lowest BCUT2D eigenvalue weighted by Gasteiger charge is -2.22. The van der Waals surface area contributed by atoms with Gasteiger partial charge in [0.2, 0.25) is 0 Å². The highest BCUT2D eigenvalue weighted by Crippen LogP contribution is 2.33. The first-order valence-corrected chi connectivity index (χ1v) is 8.05. The van der Waals surface area contributed by atoms with Crippen LogP contribution in [0.3, 0.4) is 0 Å². The van der Waals surface area contributed by atoms with Gasteiger partial charge in [0.15, 0.2) is 5.82 Å². The van der Waals surface area contributed by atoms with Crippen molar-refractivity contribution in [3.8, 4) is 11.6 Å². The molecule has 0 spiro atoms. The van der Waals surface area contributed by atoms with E-state index >= 15 is 0 Å². The molecule has 0 radical (unpaired) electrons. The summed E-state index contributed by atoms with van der Waals surface area (Å²) in [6.45, 7) is 0. The molecule has 1 aromatic carbocycles. The third-order valence-electron chi connectivity index (χ3n) is 4.34. The number of carbonyl (C=O) groups excluding carboxylic acids is 1. The van der Waals surface area contributed by atoms with Gasteiger partial charge in [-0.05, 0) is 42.5 Å². The molecule has 6 heteroatoms. The highest BCUT2D eigenvalue weighted by Gasteiger charge is 2.16. The zero-order valence-electron chi connectivity index (χ0n) is 13.2. The fraction of sp³-hybridized carbons (Fsp3) is 0.333. The van der Waals surface area contributed by atoms with Crippen molar-refractivity contribution in [1.82, 2.24) is 10.5 Å². The Kier molecular flexibility index (Phi) is 5.05. The van der Waals surface area contributed by atoms with E-state index in [1.165, 1.54) is 43.1 Å². The summed E-state index contributed by atoms with van der Waals surface area (Å²) in [6, 6.07) is 8.59. The molecule has 3 rings (SSSR count). The second kappa shape index (κ2) is 7.40. The van der Waals surface area contributed by atoms with Crippen molar-refractivity contribution in [3.05, 3.63) is 53.5 Å². The predicted octanol–water partition coefficient (Wildman–Crippen LogP) is 4.18. The van der Waals surface area contributed by atoms with Gasteiger partial charge in [-0.2, -0.15) is 0 Å². The maximum atomic E-state index is 14.0. The topological polar surface area (TPSA) is 71.5 Å². The molecule has 0 atom stereocenters. The summed E-state index contributed by atoms with van der Waals surface area (Å²) in [5.74, 6) is -0.730. The number of hydroxylamine groups is 1. The third kappa shape index (κ3) is 3.71. The van der Waals surface area contributed by atoms with E-state index in [4.69, 9.17) is 9.94 Å². The Morgan fingerprint density at radius 2 is 1.92 bits per heavy atom. The van der Waals surface area contributed by atoms with Crippen molar-refractivity contribution < 1.29 is 19.1 Å². The molecule has 0 bridgehead atoms. The summed E-state index contributed by atoms with van der Waals surface area (Å²) in [6.07, 6.45) is 7.42. The average Bonchev–Trinajstić information content (AvgIpc) is 2.64. The van der Waals surface area contributed by atoms with Gasteiger partial charge in [-0.25, -0.2) is 14.9 Å². The van der Waals surface area contributed by atoms with Crippen LogP contribution < -0.4 is 10.2 Å². The summed E-state index contributed by atoms with van der Waals surface area (Å²) in [4.78, 5) is 15.0. The Labute approximate surface area is 139 Å². The van der Waals surface area contributed by atoms with Crippen LogP contribution in [0.4, 0.5) is 4.39 Å². The van der Waals surface area contributed by atoms with E-state index in [-0.39, 0.29) is 11.4 Å². The maximum Gasteiger partial charge on any atom is 0.276 e. The smallest absolute Gasteiger partial charge is 0.276 e. The van der Waals surface area contributed by atoms with Gasteiger partial charge in [0.05, 0.1) is 5.56 Å². The van der Waals surface area contributed by atoms with Crippen LogP contribution in [-0.4, -0.2) is 16.1 Å². The number of pyridine rings is 1. The van der Waals surface area contributed by atoms with Gasteiger partial charge >= 0.3 is 0 Å². The monoisotopic (exact) mass is 330 g/mol. The molecule has 5 nitrogen and oxygen atoms in total. The number of hydrogen-bond acceptors (Lipinski definition) is 4. The quantitative estimate of drug-likeness (QED) is 0.651. The van der Waals surface area contributed by atoms with Gasteiger partial charge in [-0.1, -0.05) is 31.4 Å². The first kappa shape index (κ1) is 16.4. The van der Waals surface area contributed by atoms with E-state index in [0.29, 0.717) is 11.7 Å². The lowest BCUT2D eigenvalue weighted by molar-refractivity contribution is 0.0705. The minimum atomic E-state index is -0.829. The summed E-state index contributed by atoms with van der Waals surface area (Å²) in [7, 11) is 0. The largest absolute Gasteiger partial charge is 0.436 e. The molecule has 2 N–H and O–H groups in total. The minimum Gasteiger partial charge on any atom is -0.436 e. The van der Waals surface area contributed by atoms with E-state index in [0.717, 1.165) is 12.3 Å². The number of carbonyl (C=O) groups is 1. The fourth-order valence-corrected chi connectivity index (χ4v) is 3.04. The molecule has 126 valence electrons. The van der Waals surface area contributed by atoms with Crippen LogP contribution in [0, 0.1) is 5.82 Å². The van der Waals surface area contributed by atoms with Crippen molar-refractivity contribution in [2.24, 2.45) is 0 Å². The van der Waals surface area contributed by atoms with Gasteiger partial charge in [-0.15, -0.1) is 0 Å². The Balaban J connectivity index is 1.70. The molecule has 0 aliphatic heterocycles. The molecule has 0 unspecified atom stereocenters. The number of aromatic nitrogens is 1. The first-order chi connectivity index (χ1) is 11.7. The summed E-state index contributed by atoms with van der Waals surface area (Å²) in [5, 5.41) is 8.54. The first-order valence-electron chi connectivity index (χ1n) is 8.05. The molecular formula is C18H19FN2O3. The maximum absolute atomic E-state index is 14.0. The predicted molar refractivity (Wildman–Crippen MR) is 85.8 cm³/mol. The fourth-order valence-electron chi connectivity index (χ4n) is 3.04. The SMILES string of the molecule is O=C(NO)c1cnc(Oc2ccc(C3CCCCC3)cc2)c(F)c1. The van der Waals surface area contributed by atoms with E-state index in [1.54, 1.807) is 12.1 Å². The summed E-state index contributed by atoms with van der Waals surface area (Å²) >= 11 is 0. The van der Waals surface area contributed by atoms with Crippen molar-refractivity contribution in [2.45, 2.75) is 38.0 Å². The molecule has 1 saturated carbocycles. The van der Waals surface area contributed by atoms with E-state index < -0.39 is 11.7 Å². The normalized spacial score (nSPS) is 15.1. The summed E-state index contributed by atoms with van der Waals surface area (Å²) < 4.78 is 19.4. The van der Waals surface area contributed by atoms with Crippen molar-refractivity contribution in [2.75, 3.05) is 0 Å². The van der Waals surface area contributed by atoms with Crippen LogP contribution in [0.5, 0.6) is 11.6 Å². The number of nitrogens with zero attached hydrogens (tertiary/aromatic N) is 1. The van der Waals surface area contributed by atoms with Crippen LogP contribution in [0.25, 0.3) is 0 Å². The van der Waals surface area contributed by atoms with Crippen molar-refractivity contribution in [3.63, 3.8) is 0 Å². The van der Waals surface area contributed by atoms with Crippen LogP contribution in [-0.2, 0) is 0 Å². The van der Waals surface area contributed by atoms with Crippen LogP contribution in [0.2, 0.25) is 0 Å². The van der Waals surface area contributed by atoms with Crippen LogP contribution in [0.1, 0.15) is 53.9 Å². The lowest BCUT2D eigenvalue weighted by atomic mass is 9.84. The zero-order chi connectivity index (χ0) is 16.9. The lowest BCUT2D eigenvalue weighted by Crippen LogP contribution is -2.19. The Hall–Kier alpha value is -2.47. The van der Waals surface area contributed by atoms with Crippen molar-refractivity contribution >= 4 is 5.91 Å². The van der Waals surface area contributed by atoms with E-state index in [9.17, 15) is 9.18 Å². The van der Waals surface area contributed by atoms with Crippen LogP contribution in [0.15, 0.2) is 36.5 Å². The molecule has 0 saturated heterocycles. The van der Waals surface area contributed by atoms with Gasteiger partial charge in [0, 0.05) is 6.20 Å². The molecule has 1 amide bonds. The molecule has 24 heavy (non-hydrogen) atoms. The number of hydrogen-bond donors (Lipinski definition) is 2. The molecule has 1 aromatic heterocycles. The third-order valence-corrected chi connectivity index (χ3v) is 4.34. The molecule has 1 fully saturated rings. The summed E-state index contributed by atoms with van der Waals surface area (Å²) in [5.41, 5.74) is 2.62. The molecular weight excluding hydrogens is 311 g/mol. The second-order valence-electron chi connectivity index (χ2n) is 5.96. The van der Waals surface area contributed by atoms with Crippen molar-refractivity contribution in [1.29, 1.82) is 0 Å². The second-order valence-corrected chi connectivity index (χ2v) is 5.96. The molecule has 1 heterocycles. The number of rotatable bonds is 4. The van der Waals surface area contributed by atoms with E-state index in [1.807, 2.05) is 12.1 Å². The van der Waals surface area contributed by atoms with Gasteiger partial charge in [0.25, 0.3) is 11.8 Å². The highest BCUT2D eigenvalue weighted by molar-refractivity contribution is 5.93. The minimum absolute atomic E-state index is 0.0880. The van der Waals surface area contributed by atoms with Gasteiger partial charge in [0.1, 0.15) is 5.75 Å². The molecule has 1 aliphatic rings. The highest BCUT2D eigenvalue weighted by atomic mass is 19.1. The number of halogens is 1. The molecule has 2 aromatic rings. The Morgan fingerprint density at radius 3 is 2.54 bits per heavy atom. The van der Waals surface area contributed by atoms with Crippen LogP contribution >= 0.6 is 0 Å². The number of nitrogens with one attached hydrogen (secondary N) is 1. The Bertz CT molecular complexity index is 713. The number of amides is 1.